The summed E-state index contributed by atoms with van der Waals surface area (Å²) in [6, 6.07) is 16.0. The standard InChI is InChI=1S/C24H27ClN4O3S/c1-17-7-6-14-28(15-17)33(31,32)21-12-10-20(11-13-21)26-24(30)22-18(2)27-29(23(22)25)16-19-8-4-3-5-9-19/h3-5,8-13,17H,6-7,14-16H2,1-2H3,(H,26,30). The molecule has 33 heavy (non-hydrogen) atoms. The van der Waals surface area contributed by atoms with Gasteiger partial charge in [0.15, 0.2) is 0 Å². The molecule has 1 N–H and O–H groups in total. The molecular weight excluding hydrogens is 460 g/mol. The summed E-state index contributed by atoms with van der Waals surface area (Å²) in [6.45, 7) is 5.32. The molecule has 1 fully saturated rings. The Hall–Kier alpha value is -2.68. The number of halogens is 1. The Kier molecular flexibility index (Phi) is 6.88. The predicted molar refractivity (Wildman–Crippen MR) is 129 cm³/mol. The van der Waals surface area contributed by atoms with E-state index in [0.717, 1.165) is 18.4 Å². The summed E-state index contributed by atoms with van der Waals surface area (Å²) in [7, 11) is -3.55. The first kappa shape index (κ1) is 23.5. The molecule has 0 aliphatic carbocycles. The largest absolute Gasteiger partial charge is 0.322 e. The molecule has 3 aromatic rings. The smallest absolute Gasteiger partial charge is 0.260 e. The second kappa shape index (κ2) is 9.67. The van der Waals surface area contributed by atoms with Crippen LogP contribution in [0.25, 0.3) is 0 Å². The van der Waals surface area contributed by atoms with Crippen LogP contribution < -0.4 is 5.32 Å². The molecule has 174 valence electrons. The number of carbonyl (C=O) groups is 1. The molecule has 1 aliphatic heterocycles. The number of sulfonamides is 1. The van der Waals surface area contributed by atoms with Gasteiger partial charge in [-0.15, -0.1) is 0 Å². The molecule has 1 unspecified atom stereocenters. The molecule has 1 aromatic heterocycles. The SMILES string of the molecule is Cc1nn(Cc2ccccc2)c(Cl)c1C(=O)Nc1ccc(S(=O)(=O)N2CCCC(C)C2)cc1. The highest BCUT2D eigenvalue weighted by Gasteiger charge is 2.28. The van der Waals surface area contributed by atoms with Gasteiger partial charge in [0.1, 0.15) is 5.15 Å². The first-order chi connectivity index (χ1) is 15.8. The Morgan fingerprint density at radius 1 is 1.15 bits per heavy atom. The molecule has 2 aromatic carbocycles. The van der Waals surface area contributed by atoms with Crippen LogP contribution >= 0.6 is 11.6 Å². The summed E-state index contributed by atoms with van der Waals surface area (Å²) in [6.07, 6.45) is 1.91. The second-order valence-electron chi connectivity index (χ2n) is 8.48. The van der Waals surface area contributed by atoms with E-state index in [1.54, 1.807) is 28.0 Å². The van der Waals surface area contributed by atoms with Crippen LogP contribution in [0.4, 0.5) is 5.69 Å². The maximum Gasteiger partial charge on any atom is 0.260 e. The summed E-state index contributed by atoms with van der Waals surface area (Å²) in [4.78, 5) is 13.1. The number of hydrogen-bond acceptors (Lipinski definition) is 4. The summed E-state index contributed by atoms with van der Waals surface area (Å²) in [5.41, 5.74) is 2.32. The van der Waals surface area contributed by atoms with Crippen molar-refractivity contribution in [1.29, 1.82) is 0 Å². The molecule has 9 heteroatoms. The van der Waals surface area contributed by atoms with Crippen LogP contribution in [-0.2, 0) is 16.6 Å². The van der Waals surface area contributed by atoms with E-state index in [9.17, 15) is 13.2 Å². The molecule has 0 spiro atoms. The van der Waals surface area contributed by atoms with Crippen LogP contribution in [0.5, 0.6) is 0 Å². The van der Waals surface area contributed by atoms with Gasteiger partial charge in [-0.1, -0.05) is 48.9 Å². The monoisotopic (exact) mass is 486 g/mol. The number of amides is 1. The fraction of sp³-hybridized carbons (Fsp3) is 0.333. The fourth-order valence-electron chi connectivity index (χ4n) is 4.09. The summed E-state index contributed by atoms with van der Waals surface area (Å²) >= 11 is 6.48. The van der Waals surface area contributed by atoms with Gasteiger partial charge in [0, 0.05) is 18.8 Å². The third-order valence-corrected chi connectivity index (χ3v) is 8.10. The van der Waals surface area contributed by atoms with E-state index in [4.69, 9.17) is 11.6 Å². The maximum atomic E-state index is 12.9. The van der Waals surface area contributed by atoms with Crippen molar-refractivity contribution in [2.75, 3.05) is 18.4 Å². The van der Waals surface area contributed by atoms with Crippen molar-refractivity contribution in [2.45, 2.75) is 38.1 Å². The lowest BCUT2D eigenvalue weighted by atomic mass is 10.0. The minimum Gasteiger partial charge on any atom is -0.322 e. The van der Waals surface area contributed by atoms with Gasteiger partial charge in [-0.25, -0.2) is 13.1 Å². The molecule has 1 aliphatic rings. The van der Waals surface area contributed by atoms with Crippen molar-refractivity contribution in [3.05, 3.63) is 76.6 Å². The van der Waals surface area contributed by atoms with Gasteiger partial charge >= 0.3 is 0 Å². The topological polar surface area (TPSA) is 84.3 Å². The van der Waals surface area contributed by atoms with Gasteiger partial charge in [0.05, 0.1) is 22.7 Å². The lowest BCUT2D eigenvalue weighted by Gasteiger charge is -2.30. The Morgan fingerprint density at radius 2 is 1.85 bits per heavy atom. The fourth-order valence-corrected chi connectivity index (χ4v) is 6.01. The van der Waals surface area contributed by atoms with E-state index in [1.165, 1.54) is 12.1 Å². The highest BCUT2D eigenvalue weighted by atomic mass is 35.5. The number of aryl methyl sites for hydroxylation is 1. The van der Waals surface area contributed by atoms with E-state index >= 15 is 0 Å². The van der Waals surface area contributed by atoms with Crippen LogP contribution in [0.2, 0.25) is 5.15 Å². The highest BCUT2D eigenvalue weighted by molar-refractivity contribution is 7.89. The van der Waals surface area contributed by atoms with E-state index in [-0.39, 0.29) is 10.0 Å². The quantitative estimate of drug-likeness (QED) is 0.553. The molecule has 1 amide bonds. The first-order valence-corrected chi connectivity index (χ1v) is 12.8. The number of nitrogens with zero attached hydrogens (tertiary/aromatic N) is 3. The summed E-state index contributed by atoms with van der Waals surface area (Å²) in [5.74, 6) is -0.0415. The van der Waals surface area contributed by atoms with Crippen LogP contribution in [-0.4, -0.2) is 41.5 Å². The van der Waals surface area contributed by atoms with E-state index in [0.29, 0.717) is 42.5 Å². The number of rotatable bonds is 6. The molecular formula is C24H27ClN4O3S. The molecule has 0 saturated carbocycles. The first-order valence-electron chi connectivity index (χ1n) is 10.9. The minimum atomic E-state index is -3.55. The van der Waals surface area contributed by atoms with Crippen molar-refractivity contribution < 1.29 is 13.2 Å². The average Bonchev–Trinajstić information content (AvgIpc) is 3.07. The Balaban J connectivity index is 1.48. The highest BCUT2D eigenvalue weighted by Crippen LogP contribution is 2.26. The Morgan fingerprint density at radius 3 is 2.52 bits per heavy atom. The van der Waals surface area contributed by atoms with E-state index in [2.05, 4.69) is 17.3 Å². The van der Waals surface area contributed by atoms with Crippen LogP contribution in [0.1, 0.15) is 41.4 Å². The lowest BCUT2D eigenvalue weighted by Crippen LogP contribution is -2.39. The number of nitrogens with one attached hydrogen (secondary N) is 1. The molecule has 0 radical (unpaired) electrons. The third-order valence-electron chi connectivity index (χ3n) is 5.84. The number of benzene rings is 2. The van der Waals surface area contributed by atoms with Gasteiger partial charge in [0.25, 0.3) is 5.91 Å². The number of hydrogen-bond donors (Lipinski definition) is 1. The number of piperidine rings is 1. The van der Waals surface area contributed by atoms with Gasteiger partial charge < -0.3 is 5.32 Å². The predicted octanol–water partition coefficient (Wildman–Crippen LogP) is 4.57. The number of aromatic nitrogens is 2. The van der Waals surface area contributed by atoms with Crippen LogP contribution in [0.3, 0.4) is 0 Å². The number of anilines is 1. The van der Waals surface area contributed by atoms with Crippen molar-refractivity contribution in [1.82, 2.24) is 14.1 Å². The molecule has 4 rings (SSSR count). The van der Waals surface area contributed by atoms with Gasteiger partial charge in [-0.3, -0.25) is 4.79 Å². The van der Waals surface area contributed by atoms with Crippen molar-refractivity contribution in [2.24, 2.45) is 5.92 Å². The normalized spacial score (nSPS) is 17.1. The van der Waals surface area contributed by atoms with E-state index < -0.39 is 15.9 Å². The molecule has 7 nitrogen and oxygen atoms in total. The van der Waals surface area contributed by atoms with Gasteiger partial charge in [-0.05, 0) is 55.5 Å². The summed E-state index contributed by atoms with van der Waals surface area (Å²) < 4.78 is 29.0. The zero-order valence-electron chi connectivity index (χ0n) is 18.7. The molecule has 1 saturated heterocycles. The van der Waals surface area contributed by atoms with Crippen molar-refractivity contribution in [3.63, 3.8) is 0 Å². The Bertz CT molecular complexity index is 1240. The maximum absolute atomic E-state index is 12.9. The van der Waals surface area contributed by atoms with Crippen molar-refractivity contribution in [3.8, 4) is 0 Å². The zero-order chi connectivity index (χ0) is 23.6. The van der Waals surface area contributed by atoms with Gasteiger partial charge in [-0.2, -0.15) is 9.40 Å². The number of carbonyl (C=O) groups excluding carboxylic acids is 1. The lowest BCUT2D eigenvalue weighted by molar-refractivity contribution is 0.102. The molecule has 2 heterocycles. The molecule has 1 atom stereocenters. The van der Waals surface area contributed by atoms with Gasteiger partial charge in [0.2, 0.25) is 10.0 Å². The third kappa shape index (κ3) is 5.13. The van der Waals surface area contributed by atoms with E-state index in [1.807, 2.05) is 30.3 Å². The van der Waals surface area contributed by atoms with Crippen LogP contribution in [0.15, 0.2) is 59.5 Å². The van der Waals surface area contributed by atoms with Crippen LogP contribution in [0, 0.1) is 12.8 Å². The summed E-state index contributed by atoms with van der Waals surface area (Å²) in [5, 5.41) is 7.47. The minimum absolute atomic E-state index is 0.222. The van der Waals surface area contributed by atoms with Crippen molar-refractivity contribution >= 4 is 33.2 Å². The molecule has 0 bridgehead atoms. The second-order valence-corrected chi connectivity index (χ2v) is 10.8. The Labute approximate surface area is 199 Å². The zero-order valence-corrected chi connectivity index (χ0v) is 20.2. The average molecular weight is 487 g/mol.